The molecular formula is C8H8N4O. The van der Waals surface area contributed by atoms with Gasteiger partial charge in [-0.2, -0.15) is 0 Å². The van der Waals surface area contributed by atoms with E-state index in [9.17, 15) is 4.79 Å². The molecule has 2 heterocycles. The number of carbonyl (C=O) groups is 1. The summed E-state index contributed by atoms with van der Waals surface area (Å²) in [5.41, 5.74) is 1.41. The molecule has 0 aromatic carbocycles. The van der Waals surface area contributed by atoms with Crippen LogP contribution in [0.1, 0.15) is 6.92 Å². The zero-order chi connectivity index (χ0) is 9.26. The zero-order valence-electron chi connectivity index (χ0n) is 7.14. The van der Waals surface area contributed by atoms with E-state index >= 15 is 0 Å². The second-order valence-corrected chi connectivity index (χ2v) is 2.81. The standard InChI is InChI=1S/C8H8N4O/c1-6(13)3-12-5-11-7-2-9-4-10-8(7)12/h2,4-5H,3H2,1H3. The molecule has 0 N–H and O–H groups in total. The molecule has 0 amide bonds. The molecule has 0 saturated carbocycles. The number of carbonyl (C=O) groups excluding carboxylic acids is 1. The molecule has 0 atom stereocenters. The lowest BCUT2D eigenvalue weighted by Gasteiger charge is -1.97. The summed E-state index contributed by atoms with van der Waals surface area (Å²) in [6, 6.07) is 0. The summed E-state index contributed by atoms with van der Waals surface area (Å²) in [6.07, 6.45) is 4.67. The van der Waals surface area contributed by atoms with Crippen molar-refractivity contribution in [3.63, 3.8) is 0 Å². The van der Waals surface area contributed by atoms with Crippen LogP contribution in [-0.2, 0) is 11.3 Å². The number of imidazole rings is 1. The highest BCUT2D eigenvalue weighted by Gasteiger charge is 2.04. The highest BCUT2D eigenvalue weighted by molar-refractivity contribution is 5.78. The summed E-state index contributed by atoms with van der Waals surface area (Å²) < 4.78 is 1.71. The number of fused-ring (bicyclic) bond motifs is 1. The van der Waals surface area contributed by atoms with Gasteiger partial charge in [0.1, 0.15) is 17.6 Å². The van der Waals surface area contributed by atoms with Crippen LogP contribution < -0.4 is 0 Å². The third kappa shape index (κ3) is 1.40. The topological polar surface area (TPSA) is 60.7 Å². The maximum absolute atomic E-state index is 10.9. The molecule has 66 valence electrons. The summed E-state index contributed by atoms with van der Waals surface area (Å²) in [4.78, 5) is 22.8. The SMILES string of the molecule is CC(=O)Cn1cnc2cncnc21. The van der Waals surface area contributed by atoms with Gasteiger partial charge < -0.3 is 4.57 Å². The van der Waals surface area contributed by atoms with E-state index in [1.54, 1.807) is 17.1 Å². The van der Waals surface area contributed by atoms with E-state index in [1.807, 2.05) is 0 Å². The van der Waals surface area contributed by atoms with Crippen molar-refractivity contribution in [3.8, 4) is 0 Å². The van der Waals surface area contributed by atoms with E-state index in [0.29, 0.717) is 17.7 Å². The predicted octanol–water partition coefficient (Wildman–Crippen LogP) is 0.415. The van der Waals surface area contributed by atoms with Crippen molar-refractivity contribution < 1.29 is 4.79 Å². The van der Waals surface area contributed by atoms with Crippen molar-refractivity contribution >= 4 is 16.9 Å². The molecule has 0 radical (unpaired) electrons. The number of rotatable bonds is 2. The third-order valence-electron chi connectivity index (χ3n) is 1.67. The van der Waals surface area contributed by atoms with Gasteiger partial charge in [0.15, 0.2) is 5.65 Å². The Morgan fingerprint density at radius 3 is 3.15 bits per heavy atom. The minimum Gasteiger partial charge on any atom is -0.308 e. The molecule has 0 fully saturated rings. The van der Waals surface area contributed by atoms with Crippen molar-refractivity contribution in [1.82, 2.24) is 19.5 Å². The van der Waals surface area contributed by atoms with Crippen LogP contribution in [0.3, 0.4) is 0 Å². The molecular weight excluding hydrogens is 168 g/mol. The largest absolute Gasteiger partial charge is 0.308 e. The Kier molecular flexibility index (Phi) is 1.77. The first-order chi connectivity index (χ1) is 6.27. The van der Waals surface area contributed by atoms with Gasteiger partial charge in [0.05, 0.1) is 19.1 Å². The van der Waals surface area contributed by atoms with Crippen LogP contribution in [0.25, 0.3) is 11.2 Å². The lowest BCUT2D eigenvalue weighted by molar-refractivity contribution is -0.117. The molecule has 5 nitrogen and oxygen atoms in total. The van der Waals surface area contributed by atoms with Crippen molar-refractivity contribution in [2.75, 3.05) is 0 Å². The van der Waals surface area contributed by atoms with E-state index in [4.69, 9.17) is 0 Å². The Bertz CT molecular complexity index is 448. The van der Waals surface area contributed by atoms with Gasteiger partial charge in [0.2, 0.25) is 0 Å². The average Bonchev–Trinajstić information content (AvgIpc) is 2.48. The van der Waals surface area contributed by atoms with Crippen molar-refractivity contribution in [2.45, 2.75) is 13.5 Å². The van der Waals surface area contributed by atoms with Crippen molar-refractivity contribution in [3.05, 3.63) is 18.9 Å². The van der Waals surface area contributed by atoms with Crippen LogP contribution in [0.5, 0.6) is 0 Å². The quantitative estimate of drug-likeness (QED) is 0.665. The zero-order valence-corrected chi connectivity index (χ0v) is 7.14. The predicted molar refractivity (Wildman–Crippen MR) is 46.0 cm³/mol. The van der Waals surface area contributed by atoms with Crippen LogP contribution >= 0.6 is 0 Å². The molecule has 0 unspecified atom stereocenters. The van der Waals surface area contributed by atoms with Crippen molar-refractivity contribution in [1.29, 1.82) is 0 Å². The average molecular weight is 176 g/mol. The van der Waals surface area contributed by atoms with E-state index in [-0.39, 0.29) is 5.78 Å². The van der Waals surface area contributed by atoms with Gasteiger partial charge in [0.25, 0.3) is 0 Å². The summed E-state index contributed by atoms with van der Waals surface area (Å²) in [7, 11) is 0. The number of nitrogens with zero attached hydrogens (tertiary/aromatic N) is 4. The summed E-state index contributed by atoms with van der Waals surface area (Å²) in [6.45, 7) is 1.85. The molecule has 0 aliphatic rings. The first-order valence-electron chi connectivity index (χ1n) is 3.87. The summed E-state index contributed by atoms with van der Waals surface area (Å²) >= 11 is 0. The van der Waals surface area contributed by atoms with Gasteiger partial charge in [0, 0.05) is 0 Å². The lowest BCUT2D eigenvalue weighted by atomic mass is 10.4. The van der Waals surface area contributed by atoms with Gasteiger partial charge in [-0.1, -0.05) is 0 Å². The number of aromatic nitrogens is 4. The van der Waals surface area contributed by atoms with Crippen LogP contribution in [0.4, 0.5) is 0 Å². The minimum atomic E-state index is 0.0814. The second kappa shape index (κ2) is 2.93. The number of ketones is 1. The Labute approximate surface area is 74.4 Å². The highest BCUT2D eigenvalue weighted by atomic mass is 16.1. The fourth-order valence-corrected chi connectivity index (χ4v) is 1.17. The molecule has 2 aromatic rings. The molecule has 0 saturated heterocycles. The van der Waals surface area contributed by atoms with Crippen LogP contribution in [0, 0.1) is 0 Å². The van der Waals surface area contributed by atoms with Gasteiger partial charge in [-0.25, -0.2) is 15.0 Å². The third-order valence-corrected chi connectivity index (χ3v) is 1.67. The molecule has 5 heteroatoms. The second-order valence-electron chi connectivity index (χ2n) is 2.81. The Balaban J connectivity index is 2.51. The van der Waals surface area contributed by atoms with E-state index < -0.39 is 0 Å². The fraction of sp³-hybridized carbons (Fsp3) is 0.250. The van der Waals surface area contributed by atoms with Crippen LogP contribution in [-0.4, -0.2) is 25.3 Å². The monoisotopic (exact) mass is 176 g/mol. The first-order valence-corrected chi connectivity index (χ1v) is 3.87. The summed E-state index contributed by atoms with van der Waals surface area (Å²) in [5, 5.41) is 0. The summed E-state index contributed by atoms with van der Waals surface area (Å²) in [5.74, 6) is 0.0814. The van der Waals surface area contributed by atoms with Gasteiger partial charge in [-0.05, 0) is 6.92 Å². The van der Waals surface area contributed by atoms with Crippen LogP contribution in [0.2, 0.25) is 0 Å². The van der Waals surface area contributed by atoms with Crippen molar-refractivity contribution in [2.24, 2.45) is 0 Å². The normalized spacial score (nSPS) is 10.5. The van der Waals surface area contributed by atoms with Gasteiger partial charge in [-0.3, -0.25) is 4.79 Å². The number of Topliss-reactive ketones (excluding diaryl/α,β-unsaturated/α-hetero) is 1. The minimum absolute atomic E-state index is 0.0814. The lowest BCUT2D eigenvalue weighted by Crippen LogP contribution is -2.05. The molecule has 2 rings (SSSR count). The fourth-order valence-electron chi connectivity index (χ4n) is 1.17. The maximum atomic E-state index is 10.9. The Hall–Kier alpha value is -1.78. The Morgan fingerprint density at radius 1 is 1.54 bits per heavy atom. The van der Waals surface area contributed by atoms with E-state index in [2.05, 4.69) is 15.0 Å². The maximum Gasteiger partial charge on any atom is 0.163 e. The van der Waals surface area contributed by atoms with Crippen LogP contribution in [0.15, 0.2) is 18.9 Å². The molecule has 13 heavy (non-hydrogen) atoms. The Morgan fingerprint density at radius 2 is 2.38 bits per heavy atom. The molecule has 2 aromatic heterocycles. The van der Waals surface area contributed by atoms with Gasteiger partial charge in [-0.15, -0.1) is 0 Å². The number of hydrogen-bond acceptors (Lipinski definition) is 4. The molecule has 0 spiro atoms. The molecule has 0 aliphatic heterocycles. The van der Waals surface area contributed by atoms with Gasteiger partial charge >= 0.3 is 0 Å². The molecule has 0 bridgehead atoms. The first kappa shape index (κ1) is 7.85. The number of hydrogen-bond donors (Lipinski definition) is 0. The van der Waals surface area contributed by atoms with E-state index in [1.165, 1.54) is 13.3 Å². The molecule has 0 aliphatic carbocycles. The smallest absolute Gasteiger partial charge is 0.163 e. The van der Waals surface area contributed by atoms with E-state index in [0.717, 1.165) is 0 Å². The highest BCUT2D eigenvalue weighted by Crippen LogP contribution is 2.06.